The van der Waals surface area contributed by atoms with Crippen LogP contribution in [0.3, 0.4) is 0 Å². The quantitative estimate of drug-likeness (QED) is 0.267. The van der Waals surface area contributed by atoms with Gasteiger partial charge in [-0.15, -0.1) is 0 Å². The number of para-hydroxylation sites is 1. The number of guanidine groups is 1. The lowest BCUT2D eigenvalue weighted by molar-refractivity contribution is 0.204. The van der Waals surface area contributed by atoms with Gasteiger partial charge in [-0.3, -0.25) is 4.99 Å². The van der Waals surface area contributed by atoms with E-state index in [-0.39, 0.29) is 11.4 Å². The van der Waals surface area contributed by atoms with Gasteiger partial charge in [0.1, 0.15) is 5.75 Å². The lowest BCUT2D eigenvalue weighted by Crippen LogP contribution is -2.37. The SMILES string of the molecule is CN=C(NCCCOc1ccccc1)NCc1cccc(S(=O)(=O)NCCOC)c1. The van der Waals surface area contributed by atoms with E-state index < -0.39 is 10.0 Å². The van der Waals surface area contributed by atoms with Crippen molar-refractivity contribution in [1.82, 2.24) is 15.4 Å². The Morgan fingerprint density at radius 3 is 2.53 bits per heavy atom. The summed E-state index contributed by atoms with van der Waals surface area (Å²) in [6.07, 6.45) is 0.816. The average Bonchev–Trinajstić information content (AvgIpc) is 2.76. The van der Waals surface area contributed by atoms with E-state index in [1.807, 2.05) is 36.4 Å². The Kier molecular flexibility index (Phi) is 10.1. The fourth-order valence-corrected chi connectivity index (χ4v) is 3.66. The lowest BCUT2D eigenvalue weighted by Gasteiger charge is -2.13. The van der Waals surface area contributed by atoms with E-state index in [9.17, 15) is 8.42 Å². The van der Waals surface area contributed by atoms with Crippen molar-refractivity contribution in [3.05, 3.63) is 60.2 Å². The van der Waals surface area contributed by atoms with Gasteiger partial charge in [-0.1, -0.05) is 30.3 Å². The van der Waals surface area contributed by atoms with Crippen molar-refractivity contribution in [3.8, 4) is 5.75 Å². The van der Waals surface area contributed by atoms with Crippen LogP contribution in [0.25, 0.3) is 0 Å². The molecule has 8 nitrogen and oxygen atoms in total. The third-order valence-corrected chi connectivity index (χ3v) is 5.57. The van der Waals surface area contributed by atoms with E-state index in [1.54, 1.807) is 25.2 Å². The Bertz CT molecular complexity index is 889. The first-order valence-electron chi connectivity index (χ1n) is 9.75. The molecule has 0 bridgehead atoms. The Morgan fingerprint density at radius 1 is 1.00 bits per heavy atom. The number of methoxy groups -OCH3 is 1. The Balaban J connectivity index is 1.76. The molecule has 0 aliphatic rings. The average molecular weight is 435 g/mol. The standard InChI is InChI=1S/C21H30N4O4S/c1-22-21(23-12-7-14-29-19-9-4-3-5-10-19)24-17-18-8-6-11-20(16-18)30(26,27)25-13-15-28-2/h3-6,8-11,16,25H,7,12-15,17H2,1-2H3,(H2,22,23,24). The first-order valence-corrected chi connectivity index (χ1v) is 11.2. The molecule has 30 heavy (non-hydrogen) atoms. The summed E-state index contributed by atoms with van der Waals surface area (Å²) in [7, 11) is -0.344. The molecule has 0 aliphatic heterocycles. The minimum atomic E-state index is -3.56. The van der Waals surface area contributed by atoms with Gasteiger partial charge in [-0.25, -0.2) is 13.1 Å². The number of nitrogens with zero attached hydrogens (tertiary/aromatic N) is 1. The molecule has 0 radical (unpaired) electrons. The molecule has 0 fully saturated rings. The summed E-state index contributed by atoms with van der Waals surface area (Å²) in [5.41, 5.74) is 0.833. The minimum absolute atomic E-state index is 0.221. The van der Waals surface area contributed by atoms with Crippen molar-refractivity contribution in [2.45, 2.75) is 17.9 Å². The molecule has 2 aromatic carbocycles. The summed E-state index contributed by atoms with van der Waals surface area (Å²) >= 11 is 0. The lowest BCUT2D eigenvalue weighted by atomic mass is 10.2. The van der Waals surface area contributed by atoms with Crippen LogP contribution < -0.4 is 20.1 Å². The second-order valence-corrected chi connectivity index (χ2v) is 8.17. The van der Waals surface area contributed by atoms with E-state index in [0.29, 0.717) is 32.3 Å². The molecule has 164 valence electrons. The van der Waals surface area contributed by atoms with E-state index in [1.165, 1.54) is 7.11 Å². The predicted octanol–water partition coefficient (Wildman–Crippen LogP) is 1.75. The van der Waals surface area contributed by atoms with Gasteiger partial charge in [0.2, 0.25) is 10.0 Å². The highest BCUT2D eigenvalue weighted by atomic mass is 32.2. The Labute approximate surface area is 178 Å². The number of aliphatic imine (C=N–C) groups is 1. The fraction of sp³-hybridized carbons (Fsp3) is 0.381. The molecule has 0 spiro atoms. The molecular weight excluding hydrogens is 404 g/mol. The number of benzene rings is 2. The topological polar surface area (TPSA) is 101 Å². The number of nitrogens with one attached hydrogen (secondary N) is 3. The van der Waals surface area contributed by atoms with Gasteiger partial charge in [-0.2, -0.15) is 0 Å². The van der Waals surface area contributed by atoms with Crippen LogP contribution in [0, 0.1) is 0 Å². The van der Waals surface area contributed by atoms with Crippen molar-refractivity contribution in [2.24, 2.45) is 4.99 Å². The van der Waals surface area contributed by atoms with Crippen molar-refractivity contribution in [2.75, 3.05) is 40.5 Å². The normalized spacial score (nSPS) is 11.9. The summed E-state index contributed by atoms with van der Waals surface area (Å²) in [5.74, 6) is 1.49. The molecule has 2 aromatic rings. The van der Waals surface area contributed by atoms with Crippen LogP contribution in [0.2, 0.25) is 0 Å². The first kappa shape index (κ1) is 23.7. The van der Waals surface area contributed by atoms with Gasteiger partial charge in [-0.05, 0) is 36.2 Å². The number of ether oxygens (including phenoxy) is 2. The van der Waals surface area contributed by atoms with Crippen LogP contribution in [0.5, 0.6) is 5.75 Å². The van der Waals surface area contributed by atoms with Crippen molar-refractivity contribution < 1.29 is 17.9 Å². The summed E-state index contributed by atoms with van der Waals surface area (Å²) in [4.78, 5) is 4.41. The van der Waals surface area contributed by atoms with Gasteiger partial charge >= 0.3 is 0 Å². The van der Waals surface area contributed by atoms with E-state index in [4.69, 9.17) is 9.47 Å². The van der Waals surface area contributed by atoms with E-state index >= 15 is 0 Å². The molecule has 0 aromatic heterocycles. The Morgan fingerprint density at radius 2 is 1.80 bits per heavy atom. The molecule has 0 unspecified atom stereocenters. The highest BCUT2D eigenvalue weighted by Crippen LogP contribution is 2.11. The zero-order chi connectivity index (χ0) is 21.7. The van der Waals surface area contributed by atoms with Crippen LogP contribution >= 0.6 is 0 Å². The number of sulfonamides is 1. The second-order valence-electron chi connectivity index (χ2n) is 6.41. The van der Waals surface area contributed by atoms with Gasteiger partial charge in [0.25, 0.3) is 0 Å². The largest absolute Gasteiger partial charge is 0.494 e. The van der Waals surface area contributed by atoms with Crippen LogP contribution in [-0.4, -0.2) is 54.8 Å². The van der Waals surface area contributed by atoms with E-state index in [0.717, 1.165) is 17.7 Å². The fourth-order valence-electron chi connectivity index (χ4n) is 2.58. The van der Waals surface area contributed by atoms with Crippen LogP contribution in [0.4, 0.5) is 0 Å². The highest BCUT2D eigenvalue weighted by molar-refractivity contribution is 7.89. The van der Waals surface area contributed by atoms with Crippen molar-refractivity contribution in [3.63, 3.8) is 0 Å². The van der Waals surface area contributed by atoms with Crippen molar-refractivity contribution >= 4 is 16.0 Å². The summed E-state index contributed by atoms with van der Waals surface area (Å²) < 4.78 is 37.7. The highest BCUT2D eigenvalue weighted by Gasteiger charge is 2.13. The number of hydrogen-bond donors (Lipinski definition) is 3. The predicted molar refractivity (Wildman–Crippen MR) is 118 cm³/mol. The van der Waals surface area contributed by atoms with Gasteiger partial charge < -0.3 is 20.1 Å². The van der Waals surface area contributed by atoms with Crippen molar-refractivity contribution in [1.29, 1.82) is 0 Å². The monoisotopic (exact) mass is 434 g/mol. The summed E-state index contributed by atoms with van der Waals surface area (Å²) in [6.45, 7) is 2.29. The molecule has 0 saturated carbocycles. The van der Waals surface area contributed by atoms with Crippen LogP contribution in [0.15, 0.2) is 64.5 Å². The number of hydrogen-bond acceptors (Lipinski definition) is 5. The molecule has 0 saturated heterocycles. The molecule has 0 heterocycles. The third-order valence-electron chi connectivity index (χ3n) is 4.12. The first-order chi connectivity index (χ1) is 14.5. The van der Waals surface area contributed by atoms with Gasteiger partial charge in [0.05, 0.1) is 18.1 Å². The maximum absolute atomic E-state index is 12.3. The molecule has 0 aliphatic carbocycles. The maximum atomic E-state index is 12.3. The summed E-state index contributed by atoms with van der Waals surface area (Å²) in [6, 6.07) is 16.5. The Hall–Kier alpha value is -2.62. The number of rotatable bonds is 12. The zero-order valence-electron chi connectivity index (χ0n) is 17.4. The molecule has 3 N–H and O–H groups in total. The minimum Gasteiger partial charge on any atom is -0.494 e. The third kappa shape index (κ3) is 8.40. The molecule has 0 atom stereocenters. The van der Waals surface area contributed by atoms with Crippen LogP contribution in [0.1, 0.15) is 12.0 Å². The molecule has 2 rings (SSSR count). The van der Waals surface area contributed by atoms with Gasteiger partial charge in [0, 0.05) is 33.8 Å². The van der Waals surface area contributed by atoms with Gasteiger partial charge in [0.15, 0.2) is 5.96 Å². The zero-order valence-corrected chi connectivity index (χ0v) is 18.2. The summed E-state index contributed by atoms with van der Waals surface area (Å²) in [5, 5.41) is 6.41. The molecule has 0 amide bonds. The van der Waals surface area contributed by atoms with Crippen LogP contribution in [-0.2, 0) is 21.3 Å². The smallest absolute Gasteiger partial charge is 0.240 e. The molecule has 9 heteroatoms. The molecular formula is C21H30N4O4S. The second kappa shape index (κ2) is 12.8. The van der Waals surface area contributed by atoms with E-state index in [2.05, 4.69) is 20.3 Å². The maximum Gasteiger partial charge on any atom is 0.240 e.